The molecule has 2 rings (SSSR count). The standard InChI is InChI=1S/C17H27N/c1-4-13(5-2)11-15-12-14-9-7-8-10-16(14)17(15)18-6-3/h7-10,13,15,17-18H,4-6,11-12H2,1-3H3. The molecule has 2 atom stereocenters. The SMILES string of the molecule is CCNC1c2ccccc2CC1CC(CC)CC. The van der Waals surface area contributed by atoms with E-state index in [1.54, 1.807) is 11.1 Å². The molecular formula is C17H27N. The van der Waals surface area contributed by atoms with Crippen LogP contribution in [0.2, 0.25) is 0 Å². The zero-order valence-electron chi connectivity index (χ0n) is 12.1. The van der Waals surface area contributed by atoms with Crippen molar-refractivity contribution in [1.82, 2.24) is 5.32 Å². The first kappa shape index (κ1) is 13.6. The molecule has 1 aliphatic rings. The highest BCUT2D eigenvalue weighted by Gasteiger charge is 2.32. The molecule has 0 aliphatic heterocycles. The van der Waals surface area contributed by atoms with E-state index in [4.69, 9.17) is 0 Å². The van der Waals surface area contributed by atoms with Gasteiger partial charge >= 0.3 is 0 Å². The van der Waals surface area contributed by atoms with Gasteiger partial charge in [-0.15, -0.1) is 0 Å². The van der Waals surface area contributed by atoms with E-state index in [0.29, 0.717) is 6.04 Å². The normalized spacial score (nSPS) is 22.4. The summed E-state index contributed by atoms with van der Waals surface area (Å²) in [5.41, 5.74) is 3.12. The Labute approximate surface area is 112 Å². The highest BCUT2D eigenvalue weighted by atomic mass is 14.9. The lowest BCUT2D eigenvalue weighted by molar-refractivity contribution is 0.299. The van der Waals surface area contributed by atoms with Crippen LogP contribution in [0.15, 0.2) is 24.3 Å². The van der Waals surface area contributed by atoms with Gasteiger partial charge in [0.2, 0.25) is 0 Å². The van der Waals surface area contributed by atoms with Crippen LogP contribution in [0.3, 0.4) is 0 Å². The molecule has 18 heavy (non-hydrogen) atoms. The third kappa shape index (κ3) is 2.77. The number of nitrogens with one attached hydrogen (secondary N) is 1. The van der Waals surface area contributed by atoms with Gasteiger partial charge in [-0.25, -0.2) is 0 Å². The fourth-order valence-corrected chi connectivity index (χ4v) is 3.44. The number of hydrogen-bond acceptors (Lipinski definition) is 1. The summed E-state index contributed by atoms with van der Waals surface area (Å²) in [5.74, 6) is 1.69. The topological polar surface area (TPSA) is 12.0 Å². The van der Waals surface area contributed by atoms with Crippen molar-refractivity contribution in [3.63, 3.8) is 0 Å². The van der Waals surface area contributed by atoms with Gasteiger partial charge in [0.1, 0.15) is 0 Å². The van der Waals surface area contributed by atoms with Gasteiger partial charge in [-0.05, 0) is 42.3 Å². The number of hydrogen-bond donors (Lipinski definition) is 1. The largest absolute Gasteiger partial charge is 0.310 e. The fraction of sp³-hybridized carbons (Fsp3) is 0.647. The lowest BCUT2D eigenvalue weighted by Gasteiger charge is -2.25. The Kier molecular flexibility index (Phi) is 4.82. The zero-order valence-corrected chi connectivity index (χ0v) is 12.1. The van der Waals surface area contributed by atoms with Crippen LogP contribution in [0.4, 0.5) is 0 Å². The van der Waals surface area contributed by atoms with Crippen LogP contribution in [0.25, 0.3) is 0 Å². The zero-order chi connectivity index (χ0) is 13.0. The van der Waals surface area contributed by atoms with Gasteiger partial charge in [0.05, 0.1) is 0 Å². The van der Waals surface area contributed by atoms with E-state index in [-0.39, 0.29) is 0 Å². The van der Waals surface area contributed by atoms with E-state index in [0.717, 1.165) is 18.4 Å². The summed E-state index contributed by atoms with van der Waals surface area (Å²) in [7, 11) is 0. The molecule has 0 saturated carbocycles. The average molecular weight is 245 g/mol. The number of fused-ring (bicyclic) bond motifs is 1. The minimum absolute atomic E-state index is 0.590. The van der Waals surface area contributed by atoms with Crippen molar-refractivity contribution in [2.75, 3.05) is 6.54 Å². The molecule has 0 saturated heterocycles. The van der Waals surface area contributed by atoms with Gasteiger partial charge in [0, 0.05) is 6.04 Å². The summed E-state index contributed by atoms with van der Waals surface area (Å²) in [6.45, 7) is 7.95. The summed E-state index contributed by atoms with van der Waals surface area (Å²) in [5, 5.41) is 3.70. The molecule has 2 unspecified atom stereocenters. The van der Waals surface area contributed by atoms with E-state index in [1.807, 2.05) is 0 Å². The highest BCUT2D eigenvalue weighted by Crippen LogP contribution is 2.40. The van der Waals surface area contributed by atoms with E-state index >= 15 is 0 Å². The predicted octanol–water partition coefficient (Wildman–Crippen LogP) is 4.34. The molecule has 1 aliphatic carbocycles. The minimum Gasteiger partial charge on any atom is -0.310 e. The van der Waals surface area contributed by atoms with Crippen molar-refractivity contribution in [1.29, 1.82) is 0 Å². The summed E-state index contributed by atoms with van der Waals surface area (Å²) < 4.78 is 0. The van der Waals surface area contributed by atoms with Gasteiger partial charge in [-0.1, -0.05) is 57.9 Å². The Bertz CT molecular complexity index is 368. The van der Waals surface area contributed by atoms with Crippen LogP contribution in [-0.2, 0) is 6.42 Å². The van der Waals surface area contributed by atoms with E-state index in [1.165, 1.54) is 25.7 Å². The Hall–Kier alpha value is -0.820. The maximum absolute atomic E-state index is 3.70. The smallest absolute Gasteiger partial charge is 0.0354 e. The molecule has 0 heterocycles. The molecule has 0 radical (unpaired) electrons. The van der Waals surface area contributed by atoms with Crippen LogP contribution in [0.1, 0.15) is 57.2 Å². The number of rotatable bonds is 6. The van der Waals surface area contributed by atoms with E-state index < -0.39 is 0 Å². The van der Waals surface area contributed by atoms with Crippen molar-refractivity contribution >= 4 is 0 Å². The molecule has 1 aromatic rings. The summed E-state index contributed by atoms with van der Waals surface area (Å²) in [6.07, 6.45) is 5.29. The predicted molar refractivity (Wildman–Crippen MR) is 78.7 cm³/mol. The van der Waals surface area contributed by atoms with Gasteiger partial charge < -0.3 is 5.32 Å². The highest BCUT2D eigenvalue weighted by molar-refractivity contribution is 5.35. The van der Waals surface area contributed by atoms with Crippen LogP contribution in [-0.4, -0.2) is 6.54 Å². The lowest BCUT2D eigenvalue weighted by Crippen LogP contribution is -2.26. The monoisotopic (exact) mass is 245 g/mol. The van der Waals surface area contributed by atoms with E-state index in [9.17, 15) is 0 Å². The molecule has 1 nitrogen and oxygen atoms in total. The minimum atomic E-state index is 0.590. The summed E-state index contributed by atoms with van der Waals surface area (Å²) in [4.78, 5) is 0. The third-order valence-electron chi connectivity index (χ3n) is 4.56. The lowest BCUT2D eigenvalue weighted by atomic mass is 9.86. The molecule has 100 valence electrons. The molecule has 0 bridgehead atoms. The second kappa shape index (κ2) is 6.38. The van der Waals surface area contributed by atoms with Crippen molar-refractivity contribution in [3.8, 4) is 0 Å². The van der Waals surface area contributed by atoms with E-state index in [2.05, 4.69) is 50.4 Å². The van der Waals surface area contributed by atoms with Crippen LogP contribution < -0.4 is 5.32 Å². The van der Waals surface area contributed by atoms with Gasteiger partial charge in [0.25, 0.3) is 0 Å². The van der Waals surface area contributed by atoms with Crippen molar-refractivity contribution < 1.29 is 0 Å². The Morgan fingerprint density at radius 3 is 2.56 bits per heavy atom. The van der Waals surface area contributed by atoms with Crippen molar-refractivity contribution in [3.05, 3.63) is 35.4 Å². The van der Waals surface area contributed by atoms with Crippen molar-refractivity contribution in [2.24, 2.45) is 11.8 Å². The molecule has 1 aromatic carbocycles. The fourth-order valence-electron chi connectivity index (χ4n) is 3.44. The maximum atomic E-state index is 3.70. The van der Waals surface area contributed by atoms with Gasteiger partial charge in [0.15, 0.2) is 0 Å². The molecule has 0 amide bonds. The Balaban J connectivity index is 2.13. The quantitative estimate of drug-likeness (QED) is 0.786. The second-order valence-electron chi connectivity index (χ2n) is 5.62. The van der Waals surface area contributed by atoms with Crippen LogP contribution in [0, 0.1) is 11.8 Å². The van der Waals surface area contributed by atoms with Crippen LogP contribution >= 0.6 is 0 Å². The first-order chi connectivity index (χ1) is 8.80. The van der Waals surface area contributed by atoms with Crippen LogP contribution in [0.5, 0.6) is 0 Å². The second-order valence-corrected chi connectivity index (χ2v) is 5.62. The molecule has 0 fully saturated rings. The first-order valence-electron chi connectivity index (χ1n) is 7.61. The Morgan fingerprint density at radius 1 is 1.17 bits per heavy atom. The molecule has 1 heteroatoms. The third-order valence-corrected chi connectivity index (χ3v) is 4.56. The molecule has 0 aromatic heterocycles. The summed E-state index contributed by atoms with van der Waals surface area (Å²) in [6, 6.07) is 9.58. The number of benzene rings is 1. The molecular weight excluding hydrogens is 218 g/mol. The van der Waals surface area contributed by atoms with Gasteiger partial charge in [-0.3, -0.25) is 0 Å². The summed E-state index contributed by atoms with van der Waals surface area (Å²) >= 11 is 0. The Morgan fingerprint density at radius 2 is 1.89 bits per heavy atom. The molecule has 1 N–H and O–H groups in total. The average Bonchev–Trinajstić information content (AvgIpc) is 2.75. The molecule has 0 spiro atoms. The first-order valence-corrected chi connectivity index (χ1v) is 7.61. The maximum Gasteiger partial charge on any atom is 0.0354 e. The van der Waals surface area contributed by atoms with Gasteiger partial charge in [-0.2, -0.15) is 0 Å². The van der Waals surface area contributed by atoms with Crippen molar-refractivity contribution in [2.45, 2.75) is 52.5 Å².